The van der Waals surface area contributed by atoms with Gasteiger partial charge >= 0.3 is 0 Å². The quantitative estimate of drug-likeness (QED) is 0.264. The van der Waals surface area contributed by atoms with Crippen LogP contribution in [-0.2, 0) is 29.0 Å². The van der Waals surface area contributed by atoms with Crippen LogP contribution in [0, 0.1) is 13.8 Å². The van der Waals surface area contributed by atoms with E-state index in [0.29, 0.717) is 19.3 Å². The molecule has 1 saturated heterocycles. The van der Waals surface area contributed by atoms with Crippen LogP contribution >= 0.6 is 24.0 Å². The lowest BCUT2D eigenvalue weighted by Gasteiger charge is -2.22. The van der Waals surface area contributed by atoms with E-state index in [1.54, 1.807) is 0 Å². The Labute approximate surface area is 210 Å². The van der Waals surface area contributed by atoms with E-state index in [0.717, 1.165) is 51.5 Å². The van der Waals surface area contributed by atoms with Crippen LogP contribution in [0.2, 0.25) is 0 Å². The molecule has 2 aromatic rings. The molecule has 0 radical (unpaired) electrons. The van der Waals surface area contributed by atoms with E-state index in [9.17, 15) is 0 Å². The second kappa shape index (κ2) is 14.5. The second-order valence-electron chi connectivity index (χ2n) is 8.31. The smallest absolute Gasteiger partial charge is 0.191 e. The number of halogens is 1. The van der Waals surface area contributed by atoms with Crippen LogP contribution in [-0.4, -0.2) is 38.4 Å². The van der Waals surface area contributed by atoms with Gasteiger partial charge in [0.15, 0.2) is 5.96 Å². The van der Waals surface area contributed by atoms with Crippen molar-refractivity contribution in [2.75, 3.05) is 26.3 Å². The molecule has 1 aliphatic heterocycles. The number of hydrogen-bond donors (Lipinski definition) is 2. The maximum Gasteiger partial charge on any atom is 0.191 e. The summed E-state index contributed by atoms with van der Waals surface area (Å²) in [6.07, 6.45) is 3.27. The van der Waals surface area contributed by atoms with Crippen molar-refractivity contribution in [2.24, 2.45) is 4.99 Å². The molecule has 1 fully saturated rings. The number of nitrogens with zero attached hydrogens (tertiary/aromatic N) is 1. The molecule has 2 N–H and O–H groups in total. The average Bonchev–Trinajstić information content (AvgIpc) is 2.76. The standard InChI is InChI=1S/C26H37N3O2.HI/c1-4-27-26(28-11-8-22-15-20(2)14-21(3)16-22)29-18-23-6-5-7-24(17-23)19-31-25-9-12-30-13-10-25;/h5-7,14-17,25H,4,8-13,18-19H2,1-3H3,(H2,27,28,29);1H. The third kappa shape index (κ3) is 9.46. The highest BCUT2D eigenvalue weighted by molar-refractivity contribution is 14.0. The summed E-state index contributed by atoms with van der Waals surface area (Å²) in [5.41, 5.74) is 6.39. The molecule has 0 aliphatic carbocycles. The zero-order chi connectivity index (χ0) is 21.9. The van der Waals surface area contributed by atoms with Crippen LogP contribution in [0.1, 0.15) is 47.6 Å². The lowest BCUT2D eigenvalue weighted by Crippen LogP contribution is -2.38. The van der Waals surface area contributed by atoms with Crippen molar-refractivity contribution in [3.8, 4) is 0 Å². The normalized spacial score (nSPS) is 14.7. The molecule has 2 aromatic carbocycles. The highest BCUT2D eigenvalue weighted by Gasteiger charge is 2.14. The van der Waals surface area contributed by atoms with Crippen LogP contribution in [0.3, 0.4) is 0 Å². The number of ether oxygens (including phenoxy) is 2. The predicted octanol–water partition coefficient (Wildman–Crippen LogP) is 4.91. The number of nitrogens with one attached hydrogen (secondary N) is 2. The minimum atomic E-state index is 0. The van der Waals surface area contributed by atoms with Crippen molar-refractivity contribution in [1.29, 1.82) is 0 Å². The summed E-state index contributed by atoms with van der Waals surface area (Å²) in [4.78, 5) is 4.78. The number of rotatable bonds is 9. The molecule has 0 spiro atoms. The van der Waals surface area contributed by atoms with Crippen molar-refractivity contribution in [1.82, 2.24) is 10.6 Å². The number of hydrogen-bond acceptors (Lipinski definition) is 3. The minimum absolute atomic E-state index is 0. The van der Waals surface area contributed by atoms with Crippen LogP contribution in [0.5, 0.6) is 0 Å². The molecule has 3 rings (SSSR count). The first kappa shape index (κ1) is 26.6. The van der Waals surface area contributed by atoms with Crippen LogP contribution in [0.25, 0.3) is 0 Å². The number of aryl methyl sites for hydroxylation is 2. The lowest BCUT2D eigenvalue weighted by molar-refractivity contribution is -0.0390. The summed E-state index contributed by atoms with van der Waals surface area (Å²) in [6, 6.07) is 15.3. The van der Waals surface area contributed by atoms with Gasteiger partial charge in [-0.05, 0) is 56.7 Å². The Bertz CT molecular complexity index is 830. The highest BCUT2D eigenvalue weighted by Crippen LogP contribution is 2.15. The van der Waals surface area contributed by atoms with Gasteiger partial charge in [-0.2, -0.15) is 0 Å². The summed E-state index contributed by atoms with van der Waals surface area (Å²) < 4.78 is 11.5. The van der Waals surface area contributed by atoms with Gasteiger partial charge in [-0.25, -0.2) is 4.99 Å². The van der Waals surface area contributed by atoms with Crippen LogP contribution < -0.4 is 10.6 Å². The molecule has 0 unspecified atom stereocenters. The SMILES string of the molecule is CCNC(=NCc1cccc(COC2CCOCC2)c1)NCCc1cc(C)cc(C)c1.I. The number of benzene rings is 2. The van der Waals surface area contributed by atoms with Crippen molar-refractivity contribution in [3.05, 3.63) is 70.3 Å². The molecule has 0 atom stereocenters. The molecular weight excluding hydrogens is 513 g/mol. The van der Waals surface area contributed by atoms with Gasteiger partial charge in [-0.15, -0.1) is 24.0 Å². The van der Waals surface area contributed by atoms with E-state index in [-0.39, 0.29) is 24.0 Å². The summed E-state index contributed by atoms with van der Waals surface area (Å²) in [7, 11) is 0. The van der Waals surface area contributed by atoms with E-state index < -0.39 is 0 Å². The summed E-state index contributed by atoms with van der Waals surface area (Å²) >= 11 is 0. The molecule has 0 bridgehead atoms. The van der Waals surface area contributed by atoms with E-state index in [2.05, 4.69) is 73.9 Å². The van der Waals surface area contributed by atoms with E-state index >= 15 is 0 Å². The molecule has 1 heterocycles. The number of aliphatic imine (C=N–C) groups is 1. The maximum atomic E-state index is 6.06. The number of guanidine groups is 1. The van der Waals surface area contributed by atoms with Crippen LogP contribution in [0.15, 0.2) is 47.5 Å². The fourth-order valence-corrected chi connectivity index (χ4v) is 3.93. The zero-order valence-corrected chi connectivity index (χ0v) is 22.0. The van der Waals surface area contributed by atoms with Gasteiger partial charge in [-0.1, -0.05) is 53.6 Å². The molecular formula is C26H38IN3O2. The first-order valence-electron chi connectivity index (χ1n) is 11.5. The first-order valence-corrected chi connectivity index (χ1v) is 11.5. The molecule has 176 valence electrons. The Balaban J connectivity index is 0.00000363. The summed E-state index contributed by atoms with van der Waals surface area (Å²) in [5.74, 6) is 0.857. The van der Waals surface area contributed by atoms with Gasteiger partial charge < -0.3 is 20.1 Å². The van der Waals surface area contributed by atoms with E-state index in [1.165, 1.54) is 27.8 Å². The zero-order valence-electron chi connectivity index (χ0n) is 19.7. The second-order valence-corrected chi connectivity index (χ2v) is 8.31. The van der Waals surface area contributed by atoms with Crippen molar-refractivity contribution in [3.63, 3.8) is 0 Å². The lowest BCUT2D eigenvalue weighted by atomic mass is 10.1. The summed E-state index contributed by atoms with van der Waals surface area (Å²) in [5, 5.41) is 6.81. The van der Waals surface area contributed by atoms with Gasteiger partial charge in [0.1, 0.15) is 0 Å². The Morgan fingerprint density at radius 2 is 1.72 bits per heavy atom. The van der Waals surface area contributed by atoms with Crippen LogP contribution in [0.4, 0.5) is 0 Å². The first-order chi connectivity index (χ1) is 15.1. The Morgan fingerprint density at radius 3 is 2.44 bits per heavy atom. The van der Waals surface area contributed by atoms with Crippen molar-refractivity contribution >= 4 is 29.9 Å². The third-order valence-electron chi connectivity index (χ3n) is 5.40. The molecule has 5 nitrogen and oxygen atoms in total. The molecule has 6 heteroatoms. The molecule has 0 saturated carbocycles. The largest absolute Gasteiger partial charge is 0.381 e. The third-order valence-corrected chi connectivity index (χ3v) is 5.40. The van der Waals surface area contributed by atoms with Gasteiger partial charge in [0.25, 0.3) is 0 Å². The Hall–Kier alpha value is -1.64. The highest BCUT2D eigenvalue weighted by atomic mass is 127. The topological polar surface area (TPSA) is 54.9 Å². The molecule has 0 amide bonds. The van der Waals surface area contributed by atoms with Gasteiger partial charge in [0, 0.05) is 26.3 Å². The van der Waals surface area contributed by atoms with Gasteiger partial charge in [0.2, 0.25) is 0 Å². The van der Waals surface area contributed by atoms with E-state index in [4.69, 9.17) is 14.5 Å². The Kier molecular flexibility index (Phi) is 12.1. The molecule has 32 heavy (non-hydrogen) atoms. The fraction of sp³-hybridized carbons (Fsp3) is 0.500. The minimum Gasteiger partial charge on any atom is -0.381 e. The average molecular weight is 552 g/mol. The monoisotopic (exact) mass is 551 g/mol. The Morgan fingerprint density at radius 1 is 1.00 bits per heavy atom. The van der Waals surface area contributed by atoms with Gasteiger partial charge in [0.05, 0.1) is 19.3 Å². The van der Waals surface area contributed by atoms with Crippen molar-refractivity contribution in [2.45, 2.75) is 59.3 Å². The molecule has 1 aliphatic rings. The molecule has 0 aromatic heterocycles. The summed E-state index contributed by atoms with van der Waals surface area (Å²) in [6.45, 7) is 11.0. The fourth-order valence-electron chi connectivity index (χ4n) is 3.93. The van der Waals surface area contributed by atoms with Gasteiger partial charge in [-0.3, -0.25) is 0 Å². The van der Waals surface area contributed by atoms with E-state index in [1.807, 2.05) is 0 Å². The van der Waals surface area contributed by atoms with Crippen molar-refractivity contribution < 1.29 is 9.47 Å². The predicted molar refractivity (Wildman–Crippen MR) is 143 cm³/mol. The maximum absolute atomic E-state index is 6.06.